The van der Waals surface area contributed by atoms with Crippen molar-refractivity contribution in [3.8, 4) is 11.5 Å². The van der Waals surface area contributed by atoms with Gasteiger partial charge in [-0.3, -0.25) is 0 Å². The number of ether oxygens (including phenoxy) is 1. The number of halogens is 2. The fourth-order valence-electron chi connectivity index (χ4n) is 1.51. The number of benzene rings is 2. The number of rotatable bonds is 3. The summed E-state index contributed by atoms with van der Waals surface area (Å²) in [5.41, 5.74) is 2.24. The van der Waals surface area contributed by atoms with E-state index in [-0.39, 0.29) is 0 Å². The maximum absolute atomic E-state index is 5.79. The standard InChI is InChI=1S/C14H12BrClO/c1-10-3-2-4-12(7-10)17-13-6-5-11(9-16)14(15)8-13/h2-8H,9H2,1H3. The summed E-state index contributed by atoms with van der Waals surface area (Å²) in [6.07, 6.45) is 0. The molecule has 0 atom stereocenters. The van der Waals surface area contributed by atoms with Crippen LogP contribution in [0.5, 0.6) is 11.5 Å². The maximum atomic E-state index is 5.79. The molecule has 2 aromatic carbocycles. The molecule has 0 heterocycles. The average Bonchev–Trinajstić information content (AvgIpc) is 2.29. The van der Waals surface area contributed by atoms with E-state index in [9.17, 15) is 0 Å². The zero-order valence-electron chi connectivity index (χ0n) is 9.41. The van der Waals surface area contributed by atoms with E-state index in [0.717, 1.165) is 21.5 Å². The molecule has 0 aromatic heterocycles. The molecule has 0 aliphatic rings. The van der Waals surface area contributed by atoms with E-state index in [2.05, 4.69) is 15.9 Å². The van der Waals surface area contributed by atoms with E-state index < -0.39 is 0 Å². The van der Waals surface area contributed by atoms with Crippen molar-refractivity contribution in [2.75, 3.05) is 0 Å². The molecule has 0 fully saturated rings. The fraction of sp³-hybridized carbons (Fsp3) is 0.143. The van der Waals surface area contributed by atoms with Gasteiger partial charge in [-0.25, -0.2) is 0 Å². The molecule has 2 aromatic rings. The van der Waals surface area contributed by atoms with Crippen molar-refractivity contribution < 1.29 is 4.74 Å². The predicted molar refractivity (Wildman–Crippen MR) is 75.0 cm³/mol. The van der Waals surface area contributed by atoms with Crippen LogP contribution in [-0.4, -0.2) is 0 Å². The van der Waals surface area contributed by atoms with Crippen LogP contribution in [0.1, 0.15) is 11.1 Å². The lowest BCUT2D eigenvalue weighted by Gasteiger charge is -2.08. The molecule has 17 heavy (non-hydrogen) atoms. The topological polar surface area (TPSA) is 9.23 Å². The predicted octanol–water partition coefficient (Wildman–Crippen LogP) is 5.29. The zero-order chi connectivity index (χ0) is 12.3. The maximum Gasteiger partial charge on any atom is 0.128 e. The van der Waals surface area contributed by atoms with Crippen LogP contribution in [0, 0.1) is 6.92 Å². The lowest BCUT2D eigenvalue weighted by Crippen LogP contribution is -1.87. The Bertz CT molecular complexity index is 525. The smallest absolute Gasteiger partial charge is 0.128 e. The zero-order valence-corrected chi connectivity index (χ0v) is 11.8. The summed E-state index contributed by atoms with van der Waals surface area (Å²) >= 11 is 9.27. The van der Waals surface area contributed by atoms with Crippen molar-refractivity contribution in [2.24, 2.45) is 0 Å². The van der Waals surface area contributed by atoms with E-state index in [1.54, 1.807) is 0 Å². The van der Waals surface area contributed by atoms with Crippen molar-refractivity contribution in [1.29, 1.82) is 0 Å². The van der Waals surface area contributed by atoms with Gasteiger partial charge in [0.2, 0.25) is 0 Å². The van der Waals surface area contributed by atoms with Gasteiger partial charge in [0.25, 0.3) is 0 Å². The molecule has 0 aliphatic carbocycles. The van der Waals surface area contributed by atoms with E-state index >= 15 is 0 Å². The molecule has 0 aliphatic heterocycles. The Morgan fingerprint density at radius 2 is 1.88 bits per heavy atom. The summed E-state index contributed by atoms with van der Waals surface area (Å²) in [4.78, 5) is 0. The third-order valence-electron chi connectivity index (χ3n) is 2.39. The molecule has 0 bridgehead atoms. The van der Waals surface area contributed by atoms with Gasteiger partial charge in [0.15, 0.2) is 0 Å². The highest BCUT2D eigenvalue weighted by Gasteiger charge is 2.02. The quantitative estimate of drug-likeness (QED) is 0.700. The highest BCUT2D eigenvalue weighted by molar-refractivity contribution is 9.10. The van der Waals surface area contributed by atoms with Gasteiger partial charge in [-0.2, -0.15) is 0 Å². The summed E-state index contributed by atoms with van der Waals surface area (Å²) in [6.45, 7) is 2.04. The minimum Gasteiger partial charge on any atom is -0.457 e. The van der Waals surface area contributed by atoms with Gasteiger partial charge in [0, 0.05) is 10.4 Å². The molecule has 2 rings (SSSR count). The van der Waals surface area contributed by atoms with Crippen molar-refractivity contribution in [2.45, 2.75) is 12.8 Å². The Hall–Kier alpha value is -0.990. The van der Waals surface area contributed by atoms with Crippen LogP contribution in [-0.2, 0) is 5.88 Å². The molecule has 3 heteroatoms. The molecule has 0 unspecified atom stereocenters. The summed E-state index contributed by atoms with van der Waals surface area (Å²) < 4.78 is 6.74. The largest absolute Gasteiger partial charge is 0.457 e. The minimum absolute atomic E-state index is 0.491. The molecule has 0 N–H and O–H groups in total. The van der Waals surface area contributed by atoms with Gasteiger partial charge < -0.3 is 4.74 Å². The molecule has 0 amide bonds. The number of aryl methyl sites for hydroxylation is 1. The second kappa shape index (κ2) is 5.56. The first-order chi connectivity index (χ1) is 8.19. The third-order valence-corrected chi connectivity index (χ3v) is 3.42. The summed E-state index contributed by atoms with van der Waals surface area (Å²) in [7, 11) is 0. The molecule has 0 spiro atoms. The Morgan fingerprint density at radius 1 is 1.12 bits per heavy atom. The first-order valence-corrected chi connectivity index (χ1v) is 6.60. The molecule has 0 saturated carbocycles. The van der Waals surface area contributed by atoms with Gasteiger partial charge >= 0.3 is 0 Å². The Balaban J connectivity index is 2.22. The lowest BCUT2D eigenvalue weighted by atomic mass is 10.2. The van der Waals surface area contributed by atoms with Crippen LogP contribution < -0.4 is 4.74 Å². The summed E-state index contributed by atoms with van der Waals surface area (Å²) in [6, 6.07) is 13.8. The van der Waals surface area contributed by atoms with Crippen LogP contribution in [0.2, 0.25) is 0 Å². The number of hydrogen-bond acceptors (Lipinski definition) is 1. The van der Waals surface area contributed by atoms with Gasteiger partial charge in [0.05, 0.1) is 0 Å². The minimum atomic E-state index is 0.491. The van der Waals surface area contributed by atoms with E-state index in [1.807, 2.05) is 49.4 Å². The van der Waals surface area contributed by atoms with Gasteiger partial charge in [-0.1, -0.05) is 34.1 Å². The Labute approximate surface area is 115 Å². The number of alkyl halides is 1. The highest BCUT2D eigenvalue weighted by Crippen LogP contribution is 2.28. The molecule has 1 nitrogen and oxygen atoms in total. The Morgan fingerprint density at radius 3 is 2.53 bits per heavy atom. The van der Waals surface area contributed by atoms with Crippen molar-refractivity contribution in [3.63, 3.8) is 0 Å². The second-order valence-electron chi connectivity index (χ2n) is 3.81. The van der Waals surface area contributed by atoms with Crippen LogP contribution >= 0.6 is 27.5 Å². The van der Waals surface area contributed by atoms with E-state index in [4.69, 9.17) is 16.3 Å². The van der Waals surface area contributed by atoms with E-state index in [0.29, 0.717) is 5.88 Å². The SMILES string of the molecule is Cc1cccc(Oc2ccc(CCl)c(Br)c2)c1. The van der Waals surface area contributed by atoms with Crippen molar-refractivity contribution in [1.82, 2.24) is 0 Å². The van der Waals surface area contributed by atoms with Crippen molar-refractivity contribution in [3.05, 3.63) is 58.1 Å². The second-order valence-corrected chi connectivity index (χ2v) is 4.93. The average molecular weight is 312 g/mol. The monoisotopic (exact) mass is 310 g/mol. The Kier molecular flexibility index (Phi) is 4.08. The lowest BCUT2D eigenvalue weighted by molar-refractivity contribution is 0.482. The molecular weight excluding hydrogens is 300 g/mol. The van der Waals surface area contributed by atoms with Crippen LogP contribution in [0.4, 0.5) is 0 Å². The van der Waals surface area contributed by atoms with Crippen LogP contribution in [0.15, 0.2) is 46.9 Å². The number of hydrogen-bond donors (Lipinski definition) is 0. The molecule has 0 radical (unpaired) electrons. The van der Waals surface area contributed by atoms with Crippen LogP contribution in [0.3, 0.4) is 0 Å². The van der Waals surface area contributed by atoms with Gasteiger partial charge in [0.1, 0.15) is 11.5 Å². The third kappa shape index (κ3) is 3.24. The first kappa shape index (κ1) is 12.5. The normalized spacial score (nSPS) is 10.3. The van der Waals surface area contributed by atoms with Crippen LogP contribution in [0.25, 0.3) is 0 Å². The van der Waals surface area contributed by atoms with Gasteiger partial charge in [-0.15, -0.1) is 11.6 Å². The van der Waals surface area contributed by atoms with Gasteiger partial charge in [-0.05, 0) is 42.3 Å². The molecule has 0 saturated heterocycles. The first-order valence-electron chi connectivity index (χ1n) is 5.28. The summed E-state index contributed by atoms with van der Waals surface area (Å²) in [5.74, 6) is 2.14. The fourth-order valence-corrected chi connectivity index (χ4v) is 2.41. The van der Waals surface area contributed by atoms with E-state index in [1.165, 1.54) is 5.56 Å². The highest BCUT2D eigenvalue weighted by atomic mass is 79.9. The molecule has 88 valence electrons. The summed E-state index contributed by atoms with van der Waals surface area (Å²) in [5, 5.41) is 0. The van der Waals surface area contributed by atoms with Crippen molar-refractivity contribution >= 4 is 27.5 Å². The molecular formula is C14H12BrClO.